The SMILES string of the molecule is CC(=O)c1cc(C(=O)C(C)C)c(C(C)C)[nH]c1=O. The molecule has 0 aromatic carbocycles. The van der Waals surface area contributed by atoms with Crippen molar-refractivity contribution in [2.75, 3.05) is 0 Å². The number of pyridine rings is 1. The normalized spacial score (nSPS) is 11.1. The van der Waals surface area contributed by atoms with E-state index in [1.54, 1.807) is 13.8 Å². The van der Waals surface area contributed by atoms with Crippen molar-refractivity contribution in [2.24, 2.45) is 5.92 Å². The van der Waals surface area contributed by atoms with Crippen molar-refractivity contribution in [3.63, 3.8) is 0 Å². The van der Waals surface area contributed by atoms with E-state index in [9.17, 15) is 14.4 Å². The van der Waals surface area contributed by atoms with E-state index < -0.39 is 5.56 Å². The zero-order chi connectivity index (χ0) is 14.0. The highest BCUT2D eigenvalue weighted by Gasteiger charge is 2.20. The van der Waals surface area contributed by atoms with Crippen molar-refractivity contribution in [3.05, 3.63) is 33.2 Å². The molecular formula is C14H19NO3. The second kappa shape index (κ2) is 5.29. The van der Waals surface area contributed by atoms with Crippen molar-refractivity contribution in [3.8, 4) is 0 Å². The van der Waals surface area contributed by atoms with E-state index in [-0.39, 0.29) is 29.0 Å². The predicted molar refractivity (Wildman–Crippen MR) is 70.3 cm³/mol. The number of H-pyrrole nitrogens is 1. The lowest BCUT2D eigenvalue weighted by molar-refractivity contribution is 0.0937. The maximum atomic E-state index is 12.1. The Morgan fingerprint density at radius 3 is 2.06 bits per heavy atom. The summed E-state index contributed by atoms with van der Waals surface area (Å²) in [5.74, 6) is -0.536. The third-order valence-corrected chi connectivity index (χ3v) is 2.82. The standard InChI is InChI=1S/C14H19NO3/c1-7(2)12-11(13(17)8(3)4)6-10(9(5)16)14(18)15-12/h6-8H,1-5H3,(H,15,18). The van der Waals surface area contributed by atoms with Crippen molar-refractivity contribution < 1.29 is 9.59 Å². The lowest BCUT2D eigenvalue weighted by Crippen LogP contribution is -2.23. The highest BCUT2D eigenvalue weighted by Crippen LogP contribution is 2.19. The summed E-state index contributed by atoms with van der Waals surface area (Å²) >= 11 is 0. The van der Waals surface area contributed by atoms with Crippen LogP contribution in [-0.2, 0) is 0 Å². The molecule has 1 aromatic rings. The lowest BCUT2D eigenvalue weighted by Gasteiger charge is -2.14. The third kappa shape index (κ3) is 2.75. The number of ketones is 2. The summed E-state index contributed by atoms with van der Waals surface area (Å²) in [5.41, 5.74) is 0.670. The van der Waals surface area contributed by atoms with Crippen LogP contribution in [0.3, 0.4) is 0 Å². The minimum atomic E-state index is -0.425. The molecule has 0 radical (unpaired) electrons. The van der Waals surface area contributed by atoms with E-state index in [2.05, 4.69) is 4.98 Å². The molecule has 0 atom stereocenters. The summed E-state index contributed by atoms with van der Waals surface area (Å²) in [7, 11) is 0. The number of hydrogen-bond acceptors (Lipinski definition) is 3. The van der Waals surface area contributed by atoms with Crippen LogP contribution in [0.4, 0.5) is 0 Å². The number of Topliss-reactive ketones (excluding diaryl/α,β-unsaturated/α-hetero) is 2. The molecule has 0 bridgehead atoms. The van der Waals surface area contributed by atoms with Crippen molar-refractivity contribution in [2.45, 2.75) is 40.5 Å². The summed E-state index contributed by atoms with van der Waals surface area (Å²) in [6.45, 7) is 8.71. The molecule has 98 valence electrons. The largest absolute Gasteiger partial charge is 0.325 e. The number of aromatic nitrogens is 1. The average Bonchev–Trinajstić information content (AvgIpc) is 2.26. The van der Waals surface area contributed by atoms with Crippen LogP contribution in [0.2, 0.25) is 0 Å². The van der Waals surface area contributed by atoms with Gasteiger partial charge >= 0.3 is 0 Å². The average molecular weight is 249 g/mol. The van der Waals surface area contributed by atoms with Gasteiger partial charge in [0.15, 0.2) is 11.6 Å². The van der Waals surface area contributed by atoms with Gasteiger partial charge in [0.25, 0.3) is 5.56 Å². The molecule has 4 heteroatoms. The number of nitrogens with one attached hydrogen (secondary N) is 1. The molecule has 0 saturated heterocycles. The van der Waals surface area contributed by atoms with Crippen molar-refractivity contribution in [1.29, 1.82) is 0 Å². The maximum absolute atomic E-state index is 12.1. The number of rotatable bonds is 4. The quantitative estimate of drug-likeness (QED) is 0.834. The minimum Gasteiger partial charge on any atom is -0.325 e. The molecule has 0 spiro atoms. The molecule has 1 aromatic heterocycles. The van der Waals surface area contributed by atoms with Gasteiger partial charge in [0.2, 0.25) is 0 Å². The Morgan fingerprint density at radius 2 is 1.67 bits per heavy atom. The van der Waals surface area contributed by atoms with Gasteiger partial charge in [0, 0.05) is 17.2 Å². The molecule has 0 aliphatic rings. The summed E-state index contributed by atoms with van der Waals surface area (Å²) < 4.78 is 0. The summed E-state index contributed by atoms with van der Waals surface area (Å²) in [4.78, 5) is 37.9. The van der Waals surface area contributed by atoms with Crippen LogP contribution in [0, 0.1) is 5.92 Å². The Hall–Kier alpha value is -1.71. The molecule has 1 heterocycles. The predicted octanol–water partition coefficient (Wildman–Crippen LogP) is 2.54. The maximum Gasteiger partial charge on any atom is 0.259 e. The Kier molecular flexibility index (Phi) is 4.22. The molecule has 0 amide bonds. The fourth-order valence-corrected chi connectivity index (χ4v) is 1.78. The Balaban J connectivity index is 3.55. The summed E-state index contributed by atoms with van der Waals surface area (Å²) in [5, 5.41) is 0. The highest BCUT2D eigenvalue weighted by molar-refractivity contribution is 6.01. The van der Waals surface area contributed by atoms with Crippen LogP contribution >= 0.6 is 0 Å². The highest BCUT2D eigenvalue weighted by atomic mass is 16.1. The fraction of sp³-hybridized carbons (Fsp3) is 0.500. The van der Waals surface area contributed by atoms with E-state index in [0.717, 1.165) is 0 Å². The van der Waals surface area contributed by atoms with Gasteiger partial charge in [-0.15, -0.1) is 0 Å². The first-order valence-corrected chi connectivity index (χ1v) is 6.08. The number of carbonyl (C=O) groups is 2. The van der Waals surface area contributed by atoms with E-state index in [1.807, 2.05) is 13.8 Å². The monoisotopic (exact) mass is 249 g/mol. The number of carbonyl (C=O) groups excluding carboxylic acids is 2. The van der Waals surface area contributed by atoms with Gasteiger partial charge < -0.3 is 4.98 Å². The van der Waals surface area contributed by atoms with Gasteiger partial charge in [0.05, 0.1) is 5.56 Å². The molecule has 0 fully saturated rings. The molecule has 0 aliphatic carbocycles. The Bertz CT molecular complexity index is 538. The van der Waals surface area contributed by atoms with Crippen LogP contribution < -0.4 is 5.56 Å². The molecule has 18 heavy (non-hydrogen) atoms. The minimum absolute atomic E-state index is 0.0245. The van der Waals surface area contributed by atoms with Crippen molar-refractivity contribution in [1.82, 2.24) is 4.98 Å². The zero-order valence-corrected chi connectivity index (χ0v) is 11.5. The van der Waals surface area contributed by atoms with Crippen molar-refractivity contribution >= 4 is 11.6 Å². The zero-order valence-electron chi connectivity index (χ0n) is 11.5. The van der Waals surface area contributed by atoms with E-state index in [0.29, 0.717) is 11.3 Å². The Morgan fingerprint density at radius 1 is 1.11 bits per heavy atom. The van der Waals surface area contributed by atoms with Crippen LogP contribution in [0.25, 0.3) is 0 Å². The molecule has 0 unspecified atom stereocenters. The summed E-state index contributed by atoms with van der Waals surface area (Å²) in [6.07, 6.45) is 0. The first kappa shape index (κ1) is 14.4. The molecule has 1 rings (SSSR count). The van der Waals surface area contributed by atoms with Crippen LogP contribution in [0.1, 0.15) is 66.9 Å². The van der Waals surface area contributed by atoms with Gasteiger partial charge in [-0.05, 0) is 18.9 Å². The molecule has 4 nitrogen and oxygen atoms in total. The van der Waals surface area contributed by atoms with Gasteiger partial charge in [0.1, 0.15) is 0 Å². The first-order chi connectivity index (χ1) is 8.25. The first-order valence-electron chi connectivity index (χ1n) is 6.08. The summed E-state index contributed by atoms with van der Waals surface area (Å²) in [6, 6.07) is 1.43. The second-order valence-electron chi connectivity index (χ2n) is 5.07. The van der Waals surface area contributed by atoms with Gasteiger partial charge in [-0.1, -0.05) is 27.7 Å². The second-order valence-corrected chi connectivity index (χ2v) is 5.07. The van der Waals surface area contributed by atoms with Crippen LogP contribution in [0.5, 0.6) is 0 Å². The van der Waals surface area contributed by atoms with E-state index in [1.165, 1.54) is 13.0 Å². The smallest absolute Gasteiger partial charge is 0.259 e. The lowest BCUT2D eigenvalue weighted by atomic mass is 9.93. The van der Waals surface area contributed by atoms with Gasteiger partial charge in [-0.25, -0.2) is 0 Å². The van der Waals surface area contributed by atoms with E-state index >= 15 is 0 Å². The molecular weight excluding hydrogens is 230 g/mol. The molecule has 0 aliphatic heterocycles. The van der Waals surface area contributed by atoms with Crippen LogP contribution in [-0.4, -0.2) is 16.6 Å². The van der Waals surface area contributed by atoms with Crippen LogP contribution in [0.15, 0.2) is 10.9 Å². The number of aromatic amines is 1. The fourth-order valence-electron chi connectivity index (χ4n) is 1.78. The van der Waals surface area contributed by atoms with Gasteiger partial charge in [-0.3, -0.25) is 14.4 Å². The third-order valence-electron chi connectivity index (χ3n) is 2.82. The Labute approximate surface area is 106 Å². The molecule has 0 saturated carbocycles. The number of hydrogen-bond donors (Lipinski definition) is 1. The van der Waals surface area contributed by atoms with Gasteiger partial charge in [-0.2, -0.15) is 0 Å². The topological polar surface area (TPSA) is 67.0 Å². The van der Waals surface area contributed by atoms with E-state index in [4.69, 9.17) is 0 Å². The molecule has 1 N–H and O–H groups in total.